The van der Waals surface area contributed by atoms with Crippen molar-refractivity contribution < 1.29 is 9.59 Å². The molecule has 0 aliphatic heterocycles. The summed E-state index contributed by atoms with van der Waals surface area (Å²) in [5.41, 5.74) is 5.22. The molecular formula is C8H18N4O2. The van der Waals surface area contributed by atoms with E-state index in [0.717, 1.165) is 0 Å². The van der Waals surface area contributed by atoms with Crippen molar-refractivity contribution in [3.05, 3.63) is 0 Å². The molecule has 0 aliphatic carbocycles. The summed E-state index contributed by atoms with van der Waals surface area (Å²) in [5.74, 6) is -0.235. The molecule has 0 spiro atoms. The summed E-state index contributed by atoms with van der Waals surface area (Å²) in [5, 5.41) is 5.10. The minimum Gasteiger partial charge on any atom is -0.358 e. The second-order valence-corrected chi connectivity index (χ2v) is 2.98. The van der Waals surface area contributed by atoms with E-state index >= 15 is 0 Å². The molecule has 0 rings (SSSR count). The lowest BCUT2D eigenvalue weighted by Crippen LogP contribution is -2.41. The highest BCUT2D eigenvalue weighted by molar-refractivity contribution is 5.80. The Hall–Kier alpha value is -1.14. The van der Waals surface area contributed by atoms with Gasteiger partial charge in [-0.1, -0.05) is 0 Å². The molecular weight excluding hydrogens is 184 g/mol. The van der Waals surface area contributed by atoms with Crippen LogP contribution < -0.4 is 16.4 Å². The van der Waals surface area contributed by atoms with Crippen LogP contribution in [0.25, 0.3) is 0 Å². The molecule has 0 radical (unpaired) electrons. The van der Waals surface area contributed by atoms with Crippen LogP contribution in [0.3, 0.4) is 0 Å². The lowest BCUT2D eigenvalue weighted by Gasteiger charge is -2.14. The molecule has 0 saturated carbocycles. The molecule has 0 unspecified atom stereocenters. The average molecular weight is 202 g/mol. The number of amides is 2. The van der Waals surface area contributed by atoms with E-state index in [-0.39, 0.29) is 24.9 Å². The number of nitrogens with two attached hydrogens (primary N) is 1. The van der Waals surface area contributed by atoms with Crippen molar-refractivity contribution in [2.75, 3.05) is 40.3 Å². The first-order valence-electron chi connectivity index (χ1n) is 4.46. The first-order chi connectivity index (χ1) is 6.60. The normalized spacial score (nSPS) is 10.0. The molecule has 0 aromatic heterocycles. The maximum atomic E-state index is 11.1. The third kappa shape index (κ3) is 6.38. The fourth-order valence-electron chi connectivity index (χ4n) is 0.893. The van der Waals surface area contributed by atoms with Gasteiger partial charge in [0.05, 0.1) is 13.1 Å². The van der Waals surface area contributed by atoms with Crippen LogP contribution in [0.2, 0.25) is 0 Å². The quantitative estimate of drug-likeness (QED) is 0.453. The molecule has 0 bridgehead atoms. The lowest BCUT2D eigenvalue weighted by molar-refractivity contribution is -0.124. The first-order valence-corrected chi connectivity index (χ1v) is 4.46. The van der Waals surface area contributed by atoms with Crippen LogP contribution in [0, 0.1) is 0 Å². The molecule has 14 heavy (non-hydrogen) atoms. The fraction of sp³-hybridized carbons (Fsp3) is 0.750. The number of nitrogens with zero attached hydrogens (tertiary/aromatic N) is 1. The van der Waals surface area contributed by atoms with E-state index in [1.54, 1.807) is 19.0 Å². The number of likely N-dealkylation sites (N-methyl/N-ethyl adjacent to an activating group) is 2. The predicted molar refractivity (Wildman–Crippen MR) is 53.6 cm³/mol. The summed E-state index contributed by atoms with van der Waals surface area (Å²) in [6, 6.07) is 0. The van der Waals surface area contributed by atoms with Crippen LogP contribution in [-0.2, 0) is 9.59 Å². The summed E-state index contributed by atoms with van der Waals surface area (Å²) in [4.78, 5) is 23.7. The summed E-state index contributed by atoms with van der Waals surface area (Å²) >= 11 is 0. The summed E-state index contributed by atoms with van der Waals surface area (Å²) < 4.78 is 0. The van der Waals surface area contributed by atoms with Crippen LogP contribution in [0.15, 0.2) is 0 Å². The van der Waals surface area contributed by atoms with Gasteiger partial charge in [-0.15, -0.1) is 0 Å². The Balaban J connectivity index is 3.65. The van der Waals surface area contributed by atoms with E-state index in [1.807, 2.05) is 0 Å². The van der Waals surface area contributed by atoms with E-state index in [4.69, 9.17) is 5.73 Å². The molecule has 0 fully saturated rings. The van der Waals surface area contributed by atoms with Crippen LogP contribution in [-0.4, -0.2) is 57.0 Å². The molecule has 0 heterocycles. The van der Waals surface area contributed by atoms with E-state index in [1.165, 1.54) is 0 Å². The fourth-order valence-corrected chi connectivity index (χ4v) is 0.893. The lowest BCUT2D eigenvalue weighted by atomic mass is 10.4. The smallest absolute Gasteiger partial charge is 0.234 e. The number of carbonyl (C=O) groups is 2. The minimum atomic E-state index is -0.123. The molecule has 6 heteroatoms. The SMILES string of the molecule is CNC(=O)CN(C)CC(=O)NCCN. The van der Waals surface area contributed by atoms with Crippen molar-refractivity contribution >= 4 is 11.8 Å². The van der Waals surface area contributed by atoms with Gasteiger partial charge in [-0.3, -0.25) is 14.5 Å². The molecule has 0 aromatic rings. The molecule has 4 N–H and O–H groups in total. The Morgan fingerprint density at radius 3 is 2.36 bits per heavy atom. The highest BCUT2D eigenvalue weighted by Gasteiger charge is 2.08. The highest BCUT2D eigenvalue weighted by atomic mass is 16.2. The monoisotopic (exact) mass is 202 g/mol. The Bertz CT molecular complexity index is 196. The highest BCUT2D eigenvalue weighted by Crippen LogP contribution is 1.81. The number of hydrogen-bond donors (Lipinski definition) is 3. The number of rotatable bonds is 6. The summed E-state index contributed by atoms with van der Waals surface area (Å²) in [6.45, 7) is 1.30. The number of nitrogens with one attached hydrogen (secondary N) is 2. The van der Waals surface area contributed by atoms with Gasteiger partial charge in [0.15, 0.2) is 0 Å². The zero-order chi connectivity index (χ0) is 11.0. The average Bonchev–Trinajstić information content (AvgIpc) is 2.14. The van der Waals surface area contributed by atoms with Crippen molar-refractivity contribution in [3.8, 4) is 0 Å². The Morgan fingerprint density at radius 1 is 1.29 bits per heavy atom. The standard InChI is InChI=1S/C8H18N4O2/c1-10-7(13)5-12(2)6-8(14)11-4-3-9/h3-6,9H2,1-2H3,(H,10,13)(H,11,14). The van der Waals surface area contributed by atoms with E-state index < -0.39 is 0 Å². The first kappa shape index (κ1) is 12.9. The second kappa shape index (κ2) is 7.28. The van der Waals surface area contributed by atoms with Gasteiger partial charge in [-0.05, 0) is 7.05 Å². The van der Waals surface area contributed by atoms with Crippen LogP contribution >= 0.6 is 0 Å². The topological polar surface area (TPSA) is 87.5 Å². The van der Waals surface area contributed by atoms with E-state index in [0.29, 0.717) is 13.1 Å². The largest absolute Gasteiger partial charge is 0.358 e. The van der Waals surface area contributed by atoms with Gasteiger partial charge < -0.3 is 16.4 Å². The van der Waals surface area contributed by atoms with Crippen molar-refractivity contribution in [1.82, 2.24) is 15.5 Å². The van der Waals surface area contributed by atoms with Crippen LogP contribution in [0.1, 0.15) is 0 Å². The molecule has 0 saturated heterocycles. The van der Waals surface area contributed by atoms with Crippen LogP contribution in [0.4, 0.5) is 0 Å². The Kier molecular flexibility index (Phi) is 6.69. The maximum Gasteiger partial charge on any atom is 0.234 e. The molecule has 6 nitrogen and oxygen atoms in total. The van der Waals surface area contributed by atoms with E-state index in [9.17, 15) is 9.59 Å². The molecule has 2 amide bonds. The Morgan fingerprint density at radius 2 is 1.86 bits per heavy atom. The van der Waals surface area contributed by atoms with Crippen LogP contribution in [0.5, 0.6) is 0 Å². The second-order valence-electron chi connectivity index (χ2n) is 2.98. The third-order valence-electron chi connectivity index (χ3n) is 1.57. The van der Waals surface area contributed by atoms with Crippen molar-refractivity contribution in [3.63, 3.8) is 0 Å². The Labute approximate surface area is 83.8 Å². The minimum absolute atomic E-state index is 0.112. The van der Waals surface area contributed by atoms with Gasteiger partial charge >= 0.3 is 0 Å². The van der Waals surface area contributed by atoms with Gasteiger partial charge in [0.1, 0.15) is 0 Å². The van der Waals surface area contributed by atoms with Crippen molar-refractivity contribution in [1.29, 1.82) is 0 Å². The molecule has 82 valence electrons. The predicted octanol–water partition coefficient (Wildman–Crippen LogP) is -2.26. The molecule has 0 atom stereocenters. The summed E-state index contributed by atoms with van der Waals surface area (Å²) in [7, 11) is 3.27. The third-order valence-corrected chi connectivity index (χ3v) is 1.57. The van der Waals surface area contributed by atoms with Gasteiger partial charge in [0, 0.05) is 20.1 Å². The number of hydrogen-bond acceptors (Lipinski definition) is 4. The molecule has 0 aliphatic rings. The van der Waals surface area contributed by atoms with Gasteiger partial charge in [0.2, 0.25) is 11.8 Å². The zero-order valence-corrected chi connectivity index (χ0v) is 8.67. The maximum absolute atomic E-state index is 11.1. The number of carbonyl (C=O) groups excluding carboxylic acids is 2. The molecule has 0 aromatic carbocycles. The van der Waals surface area contributed by atoms with E-state index in [2.05, 4.69) is 10.6 Å². The van der Waals surface area contributed by atoms with Crippen molar-refractivity contribution in [2.24, 2.45) is 5.73 Å². The van der Waals surface area contributed by atoms with Gasteiger partial charge in [-0.2, -0.15) is 0 Å². The summed E-state index contributed by atoms with van der Waals surface area (Å²) in [6.07, 6.45) is 0. The van der Waals surface area contributed by atoms with Gasteiger partial charge in [-0.25, -0.2) is 0 Å². The van der Waals surface area contributed by atoms with Crippen molar-refractivity contribution in [2.45, 2.75) is 0 Å². The zero-order valence-electron chi connectivity index (χ0n) is 8.67. The van der Waals surface area contributed by atoms with Gasteiger partial charge in [0.25, 0.3) is 0 Å².